The summed E-state index contributed by atoms with van der Waals surface area (Å²) in [4.78, 5) is 15.2. The van der Waals surface area contributed by atoms with Crippen molar-refractivity contribution in [2.24, 2.45) is 0 Å². The molecule has 0 saturated carbocycles. The van der Waals surface area contributed by atoms with Crippen LogP contribution in [0.2, 0.25) is 0 Å². The van der Waals surface area contributed by atoms with Gasteiger partial charge in [0, 0.05) is 27.9 Å². The first-order valence-corrected chi connectivity index (χ1v) is 9.34. The van der Waals surface area contributed by atoms with Gasteiger partial charge in [-0.25, -0.2) is 0 Å². The van der Waals surface area contributed by atoms with Gasteiger partial charge in [0.25, 0.3) is 0 Å². The lowest BCUT2D eigenvalue weighted by Gasteiger charge is -2.13. The van der Waals surface area contributed by atoms with Gasteiger partial charge in [0.1, 0.15) is 11.5 Å². The van der Waals surface area contributed by atoms with Gasteiger partial charge in [-0.05, 0) is 59.7 Å². The number of ether oxygens (including phenoxy) is 2. The molecule has 0 saturated heterocycles. The predicted octanol–water partition coefficient (Wildman–Crippen LogP) is 5.99. The second kappa shape index (κ2) is 6.74. The zero-order valence-corrected chi connectivity index (χ0v) is 16.8. The maximum absolute atomic E-state index is 11.7. The Balaban J connectivity index is 2.09. The van der Waals surface area contributed by atoms with Crippen molar-refractivity contribution < 1.29 is 14.3 Å². The smallest absolute Gasteiger partial charge is 0.308 e. The minimum Gasteiger partial charge on any atom is -0.497 e. The van der Waals surface area contributed by atoms with Crippen LogP contribution >= 0.6 is 15.9 Å². The van der Waals surface area contributed by atoms with Crippen LogP contribution in [-0.4, -0.2) is 18.1 Å². The van der Waals surface area contributed by atoms with Gasteiger partial charge in [0.2, 0.25) is 0 Å². The quantitative estimate of drug-likeness (QED) is 0.325. The van der Waals surface area contributed by atoms with Gasteiger partial charge in [-0.1, -0.05) is 28.1 Å². The van der Waals surface area contributed by atoms with Gasteiger partial charge in [0.15, 0.2) is 0 Å². The number of hydrogen-bond acceptors (Lipinski definition) is 3. The first kappa shape index (κ1) is 17.6. The SMILES string of the molecule is COc1ccc2ccc(OC(C)=O)c(-c3[nH]c4ccc(Br)cc4c3C)c2c1. The average Bonchev–Trinajstić information content (AvgIpc) is 2.96. The van der Waals surface area contributed by atoms with E-state index >= 15 is 0 Å². The molecule has 3 aromatic carbocycles. The number of halogens is 1. The van der Waals surface area contributed by atoms with Crippen molar-refractivity contribution in [3.63, 3.8) is 0 Å². The maximum atomic E-state index is 11.7. The maximum Gasteiger partial charge on any atom is 0.308 e. The molecule has 4 aromatic rings. The van der Waals surface area contributed by atoms with Crippen LogP contribution < -0.4 is 9.47 Å². The Morgan fingerprint density at radius 3 is 2.56 bits per heavy atom. The number of rotatable bonds is 3. The lowest BCUT2D eigenvalue weighted by molar-refractivity contribution is -0.131. The molecule has 0 aliphatic carbocycles. The molecule has 0 aliphatic heterocycles. The number of esters is 1. The fraction of sp³-hybridized carbons (Fsp3) is 0.136. The summed E-state index contributed by atoms with van der Waals surface area (Å²) in [6, 6.07) is 15.8. The summed E-state index contributed by atoms with van der Waals surface area (Å²) < 4.78 is 12.0. The minimum absolute atomic E-state index is 0.352. The topological polar surface area (TPSA) is 51.3 Å². The number of aromatic nitrogens is 1. The summed E-state index contributed by atoms with van der Waals surface area (Å²) in [6.07, 6.45) is 0. The Labute approximate surface area is 165 Å². The third-order valence-electron chi connectivity index (χ3n) is 4.71. The number of fused-ring (bicyclic) bond motifs is 2. The number of aryl methyl sites for hydroxylation is 1. The molecule has 5 heteroatoms. The Bertz CT molecular complexity index is 1190. The molecule has 0 atom stereocenters. The number of carbonyl (C=O) groups is 1. The molecule has 0 amide bonds. The van der Waals surface area contributed by atoms with Crippen molar-refractivity contribution in [2.75, 3.05) is 7.11 Å². The van der Waals surface area contributed by atoms with Crippen LogP contribution in [0.25, 0.3) is 32.9 Å². The van der Waals surface area contributed by atoms with Gasteiger partial charge >= 0.3 is 5.97 Å². The Kier molecular flexibility index (Phi) is 4.40. The second-order valence-electron chi connectivity index (χ2n) is 6.43. The van der Waals surface area contributed by atoms with Crippen molar-refractivity contribution in [2.45, 2.75) is 13.8 Å². The highest BCUT2D eigenvalue weighted by atomic mass is 79.9. The Hall–Kier alpha value is -2.79. The fourth-order valence-corrected chi connectivity index (χ4v) is 3.81. The van der Waals surface area contributed by atoms with Crippen LogP contribution in [0.1, 0.15) is 12.5 Å². The number of hydrogen-bond donors (Lipinski definition) is 1. The van der Waals surface area contributed by atoms with Crippen molar-refractivity contribution in [1.29, 1.82) is 0 Å². The number of carbonyl (C=O) groups excluding carboxylic acids is 1. The number of methoxy groups -OCH3 is 1. The first-order chi connectivity index (χ1) is 13.0. The summed E-state index contributed by atoms with van der Waals surface area (Å²) in [5, 5.41) is 3.12. The normalized spacial score (nSPS) is 11.1. The summed E-state index contributed by atoms with van der Waals surface area (Å²) in [7, 11) is 1.64. The molecule has 0 unspecified atom stereocenters. The lowest BCUT2D eigenvalue weighted by Crippen LogP contribution is -2.03. The van der Waals surface area contributed by atoms with Crippen LogP contribution in [0.4, 0.5) is 0 Å². The van der Waals surface area contributed by atoms with E-state index in [0.717, 1.165) is 48.7 Å². The van der Waals surface area contributed by atoms with Gasteiger partial charge in [-0.3, -0.25) is 4.79 Å². The molecule has 4 rings (SSSR count). The molecule has 136 valence electrons. The standard InChI is InChI=1S/C22H18BrNO3/c1-12-17-10-15(23)6-8-19(17)24-22(12)21-18-11-16(26-3)7-4-14(18)5-9-20(21)27-13(2)25/h4-11,24H,1-3H3. The molecule has 0 bridgehead atoms. The highest BCUT2D eigenvalue weighted by Gasteiger charge is 2.19. The molecule has 1 N–H and O–H groups in total. The summed E-state index contributed by atoms with van der Waals surface area (Å²) >= 11 is 3.54. The Morgan fingerprint density at radius 2 is 1.81 bits per heavy atom. The zero-order chi connectivity index (χ0) is 19.1. The van der Waals surface area contributed by atoms with Gasteiger partial charge in [-0.2, -0.15) is 0 Å². The molecule has 27 heavy (non-hydrogen) atoms. The number of aromatic amines is 1. The lowest BCUT2D eigenvalue weighted by atomic mass is 9.98. The summed E-state index contributed by atoms with van der Waals surface area (Å²) in [5.74, 6) is 0.923. The van der Waals surface area contributed by atoms with E-state index in [2.05, 4.69) is 33.9 Å². The van der Waals surface area contributed by atoms with Crippen molar-refractivity contribution in [3.05, 3.63) is 58.6 Å². The fourth-order valence-electron chi connectivity index (χ4n) is 3.45. The highest BCUT2D eigenvalue weighted by Crippen LogP contribution is 2.41. The van der Waals surface area contributed by atoms with Crippen LogP contribution in [0.3, 0.4) is 0 Å². The molecule has 1 aromatic heterocycles. The van der Waals surface area contributed by atoms with E-state index in [9.17, 15) is 4.79 Å². The molecule has 0 aliphatic rings. The molecule has 4 nitrogen and oxygen atoms in total. The van der Waals surface area contributed by atoms with Crippen molar-refractivity contribution >= 4 is 43.6 Å². The van der Waals surface area contributed by atoms with Gasteiger partial charge in [-0.15, -0.1) is 0 Å². The molecule has 0 spiro atoms. The van der Waals surface area contributed by atoms with Crippen LogP contribution in [0.5, 0.6) is 11.5 Å². The highest BCUT2D eigenvalue weighted by molar-refractivity contribution is 9.10. The van der Waals surface area contributed by atoms with E-state index in [1.54, 1.807) is 7.11 Å². The molecular formula is C22H18BrNO3. The number of nitrogens with one attached hydrogen (secondary N) is 1. The van der Waals surface area contributed by atoms with Crippen molar-refractivity contribution in [3.8, 4) is 22.8 Å². The van der Waals surface area contributed by atoms with Gasteiger partial charge < -0.3 is 14.5 Å². The Morgan fingerprint density at radius 1 is 1.04 bits per heavy atom. The van der Waals surface area contributed by atoms with E-state index in [1.165, 1.54) is 6.92 Å². The largest absolute Gasteiger partial charge is 0.497 e. The number of benzene rings is 3. The molecular weight excluding hydrogens is 406 g/mol. The average molecular weight is 424 g/mol. The van der Waals surface area contributed by atoms with E-state index < -0.39 is 0 Å². The third-order valence-corrected chi connectivity index (χ3v) is 5.21. The van der Waals surface area contributed by atoms with E-state index in [0.29, 0.717) is 5.75 Å². The second-order valence-corrected chi connectivity index (χ2v) is 7.35. The van der Waals surface area contributed by atoms with Crippen LogP contribution in [0, 0.1) is 6.92 Å². The predicted molar refractivity (Wildman–Crippen MR) is 112 cm³/mol. The molecule has 0 fully saturated rings. The monoisotopic (exact) mass is 423 g/mol. The minimum atomic E-state index is -0.352. The van der Waals surface area contributed by atoms with Crippen LogP contribution in [-0.2, 0) is 4.79 Å². The molecule has 1 heterocycles. The summed E-state index contributed by atoms with van der Waals surface area (Å²) in [5.41, 5.74) is 3.90. The van der Waals surface area contributed by atoms with Crippen molar-refractivity contribution in [1.82, 2.24) is 4.98 Å². The van der Waals surface area contributed by atoms with E-state index in [4.69, 9.17) is 9.47 Å². The third kappa shape index (κ3) is 3.08. The molecule has 0 radical (unpaired) electrons. The zero-order valence-electron chi connectivity index (χ0n) is 15.2. The summed E-state index contributed by atoms with van der Waals surface area (Å²) in [6.45, 7) is 3.48. The number of H-pyrrole nitrogens is 1. The van der Waals surface area contributed by atoms with E-state index in [1.807, 2.05) is 42.5 Å². The van der Waals surface area contributed by atoms with Gasteiger partial charge in [0.05, 0.1) is 12.8 Å². The first-order valence-electron chi connectivity index (χ1n) is 8.55. The van der Waals surface area contributed by atoms with E-state index in [-0.39, 0.29) is 5.97 Å². The van der Waals surface area contributed by atoms with Crippen LogP contribution in [0.15, 0.2) is 53.0 Å².